The van der Waals surface area contributed by atoms with Gasteiger partial charge in [0.05, 0.1) is 0 Å². The van der Waals surface area contributed by atoms with Gasteiger partial charge in [-0.1, -0.05) is 6.92 Å². The zero-order chi connectivity index (χ0) is 9.84. The van der Waals surface area contributed by atoms with Crippen molar-refractivity contribution in [1.82, 2.24) is 4.90 Å². The molecule has 1 atom stereocenters. The van der Waals surface area contributed by atoms with Crippen LogP contribution in [0.5, 0.6) is 0 Å². The summed E-state index contributed by atoms with van der Waals surface area (Å²) in [6.45, 7) is 2.54. The molecule has 4 nitrogen and oxygen atoms in total. The quantitative estimate of drug-likeness (QED) is 0.689. The highest BCUT2D eigenvalue weighted by Crippen LogP contribution is 2.16. The number of hydrogen-bond donors (Lipinski definition) is 1. The van der Waals surface area contributed by atoms with E-state index in [2.05, 4.69) is 6.92 Å². The lowest BCUT2D eigenvalue weighted by atomic mass is 10.0. The average molecular weight is 185 g/mol. The summed E-state index contributed by atoms with van der Waals surface area (Å²) in [6, 6.07) is 0. The van der Waals surface area contributed by atoms with Crippen LogP contribution in [0.2, 0.25) is 0 Å². The molecule has 0 aromatic heterocycles. The van der Waals surface area contributed by atoms with Crippen molar-refractivity contribution in [3.63, 3.8) is 0 Å². The highest BCUT2D eigenvalue weighted by atomic mass is 16.4. The lowest BCUT2D eigenvalue weighted by molar-refractivity contribution is -0.144. The second-order valence-corrected chi connectivity index (χ2v) is 3.64. The number of carbonyl (C=O) groups excluding carboxylic acids is 1. The summed E-state index contributed by atoms with van der Waals surface area (Å²) in [4.78, 5) is 23.2. The molecule has 0 saturated carbocycles. The Morgan fingerprint density at radius 2 is 2.31 bits per heavy atom. The van der Waals surface area contributed by atoms with Gasteiger partial charge in [0.1, 0.15) is 6.54 Å². The van der Waals surface area contributed by atoms with Crippen molar-refractivity contribution in [1.29, 1.82) is 0 Å². The molecular formula is C9H15NO3. The SMILES string of the molecule is CC1CCC(=O)N(CC(=O)O)CC1. The van der Waals surface area contributed by atoms with E-state index in [1.54, 1.807) is 0 Å². The first-order valence-electron chi connectivity index (χ1n) is 4.59. The standard InChI is InChI=1S/C9H15NO3/c1-7-2-3-8(11)10(5-4-7)6-9(12)13/h7H,2-6H2,1H3,(H,12,13). The molecule has 0 bridgehead atoms. The fraction of sp³-hybridized carbons (Fsp3) is 0.778. The predicted molar refractivity (Wildman–Crippen MR) is 47.2 cm³/mol. The lowest BCUT2D eigenvalue weighted by Gasteiger charge is -2.17. The Bertz CT molecular complexity index is 215. The van der Waals surface area contributed by atoms with Crippen LogP contribution >= 0.6 is 0 Å². The molecule has 0 aromatic carbocycles. The van der Waals surface area contributed by atoms with Gasteiger partial charge in [-0.15, -0.1) is 0 Å². The Morgan fingerprint density at radius 3 is 2.92 bits per heavy atom. The fourth-order valence-corrected chi connectivity index (χ4v) is 1.50. The van der Waals surface area contributed by atoms with E-state index in [9.17, 15) is 9.59 Å². The minimum atomic E-state index is -0.928. The maximum atomic E-state index is 11.4. The van der Waals surface area contributed by atoms with Crippen LogP contribution < -0.4 is 0 Å². The molecule has 1 amide bonds. The molecular weight excluding hydrogens is 170 g/mol. The van der Waals surface area contributed by atoms with Gasteiger partial charge in [0.2, 0.25) is 5.91 Å². The first kappa shape index (κ1) is 10.0. The Labute approximate surface area is 77.5 Å². The zero-order valence-electron chi connectivity index (χ0n) is 7.82. The molecule has 74 valence electrons. The lowest BCUT2D eigenvalue weighted by Crippen LogP contribution is -2.35. The monoisotopic (exact) mass is 185 g/mol. The predicted octanol–water partition coefficient (Wildman–Crippen LogP) is 0.720. The number of amides is 1. The van der Waals surface area contributed by atoms with Crippen molar-refractivity contribution in [2.75, 3.05) is 13.1 Å². The van der Waals surface area contributed by atoms with Crippen LogP contribution in [-0.2, 0) is 9.59 Å². The Hall–Kier alpha value is -1.06. The van der Waals surface area contributed by atoms with Crippen molar-refractivity contribution >= 4 is 11.9 Å². The smallest absolute Gasteiger partial charge is 0.323 e. The largest absolute Gasteiger partial charge is 0.480 e. The fourth-order valence-electron chi connectivity index (χ4n) is 1.50. The van der Waals surface area contributed by atoms with Crippen LogP contribution in [0.4, 0.5) is 0 Å². The number of rotatable bonds is 2. The van der Waals surface area contributed by atoms with Crippen LogP contribution in [-0.4, -0.2) is 35.0 Å². The van der Waals surface area contributed by atoms with Gasteiger partial charge < -0.3 is 10.0 Å². The molecule has 0 radical (unpaired) electrons. The van der Waals surface area contributed by atoms with Gasteiger partial charge in [0, 0.05) is 13.0 Å². The number of carboxylic acid groups (broad SMARTS) is 1. The number of hydrogen-bond acceptors (Lipinski definition) is 2. The van der Waals surface area contributed by atoms with Gasteiger partial charge in [-0.05, 0) is 18.8 Å². The molecule has 4 heteroatoms. The van der Waals surface area contributed by atoms with Crippen LogP contribution in [0.3, 0.4) is 0 Å². The number of carboxylic acids is 1. The van der Waals surface area contributed by atoms with Crippen molar-refractivity contribution < 1.29 is 14.7 Å². The van der Waals surface area contributed by atoms with Gasteiger partial charge in [-0.3, -0.25) is 9.59 Å². The van der Waals surface area contributed by atoms with E-state index in [0.717, 1.165) is 12.8 Å². The van der Waals surface area contributed by atoms with Gasteiger partial charge in [0.25, 0.3) is 0 Å². The first-order valence-corrected chi connectivity index (χ1v) is 4.59. The molecule has 1 saturated heterocycles. The molecule has 1 aliphatic heterocycles. The maximum Gasteiger partial charge on any atom is 0.323 e. The normalized spacial score (nSPS) is 24.2. The van der Waals surface area contributed by atoms with Crippen LogP contribution in [0.25, 0.3) is 0 Å². The minimum Gasteiger partial charge on any atom is -0.480 e. The Balaban J connectivity index is 2.52. The zero-order valence-corrected chi connectivity index (χ0v) is 7.82. The second-order valence-electron chi connectivity index (χ2n) is 3.64. The first-order chi connectivity index (χ1) is 6.09. The van der Waals surface area contributed by atoms with Crippen molar-refractivity contribution in [3.05, 3.63) is 0 Å². The summed E-state index contributed by atoms with van der Waals surface area (Å²) in [7, 11) is 0. The van der Waals surface area contributed by atoms with Gasteiger partial charge in [-0.2, -0.15) is 0 Å². The molecule has 1 aliphatic rings. The third kappa shape index (κ3) is 3.05. The van der Waals surface area contributed by atoms with E-state index in [1.165, 1.54) is 4.90 Å². The van der Waals surface area contributed by atoms with Crippen molar-refractivity contribution in [3.8, 4) is 0 Å². The average Bonchev–Trinajstić information content (AvgIpc) is 2.19. The van der Waals surface area contributed by atoms with E-state index in [0.29, 0.717) is 18.9 Å². The molecule has 1 rings (SSSR count). The summed E-state index contributed by atoms with van der Waals surface area (Å²) in [5.74, 6) is -0.419. The molecule has 1 fully saturated rings. The summed E-state index contributed by atoms with van der Waals surface area (Å²) < 4.78 is 0. The molecule has 0 aromatic rings. The van der Waals surface area contributed by atoms with E-state index < -0.39 is 5.97 Å². The number of likely N-dealkylation sites (tertiary alicyclic amines) is 1. The topological polar surface area (TPSA) is 57.6 Å². The molecule has 1 N–H and O–H groups in total. The third-order valence-electron chi connectivity index (χ3n) is 2.42. The van der Waals surface area contributed by atoms with Gasteiger partial charge in [-0.25, -0.2) is 0 Å². The highest BCUT2D eigenvalue weighted by molar-refractivity contribution is 5.81. The molecule has 0 spiro atoms. The number of nitrogens with zero attached hydrogens (tertiary/aromatic N) is 1. The third-order valence-corrected chi connectivity index (χ3v) is 2.42. The number of aliphatic carboxylic acids is 1. The molecule has 1 unspecified atom stereocenters. The Kier molecular flexibility index (Phi) is 3.28. The number of carbonyl (C=O) groups is 2. The molecule has 1 heterocycles. The summed E-state index contributed by atoms with van der Waals surface area (Å²) in [6.07, 6.45) is 2.29. The van der Waals surface area contributed by atoms with Crippen LogP contribution in [0.1, 0.15) is 26.2 Å². The Morgan fingerprint density at radius 1 is 1.62 bits per heavy atom. The maximum absolute atomic E-state index is 11.4. The van der Waals surface area contributed by atoms with Crippen LogP contribution in [0, 0.1) is 5.92 Å². The van der Waals surface area contributed by atoms with Crippen LogP contribution in [0.15, 0.2) is 0 Å². The molecule has 0 aliphatic carbocycles. The molecule has 13 heavy (non-hydrogen) atoms. The van der Waals surface area contributed by atoms with E-state index in [1.807, 2.05) is 0 Å². The highest BCUT2D eigenvalue weighted by Gasteiger charge is 2.21. The van der Waals surface area contributed by atoms with E-state index in [-0.39, 0.29) is 12.5 Å². The van der Waals surface area contributed by atoms with E-state index in [4.69, 9.17) is 5.11 Å². The minimum absolute atomic E-state index is 0.0215. The van der Waals surface area contributed by atoms with Crippen molar-refractivity contribution in [2.45, 2.75) is 26.2 Å². The van der Waals surface area contributed by atoms with E-state index >= 15 is 0 Å². The van der Waals surface area contributed by atoms with Crippen molar-refractivity contribution in [2.24, 2.45) is 5.92 Å². The van der Waals surface area contributed by atoms with Gasteiger partial charge >= 0.3 is 5.97 Å². The summed E-state index contributed by atoms with van der Waals surface area (Å²) in [5.41, 5.74) is 0. The summed E-state index contributed by atoms with van der Waals surface area (Å²) in [5, 5.41) is 8.55. The summed E-state index contributed by atoms with van der Waals surface area (Å²) >= 11 is 0. The second kappa shape index (κ2) is 4.25. The van der Waals surface area contributed by atoms with Gasteiger partial charge in [0.15, 0.2) is 0 Å².